The molecule has 4 heterocycles. The van der Waals surface area contributed by atoms with Crippen LogP contribution >= 0.6 is 0 Å². The fourth-order valence-electron chi connectivity index (χ4n) is 5.87. The van der Waals surface area contributed by atoms with Gasteiger partial charge in [-0.3, -0.25) is 20.1 Å². The minimum Gasteiger partial charge on any atom is -0.352 e. The van der Waals surface area contributed by atoms with Crippen molar-refractivity contribution in [2.75, 3.05) is 48.3 Å². The number of piperazine rings is 1. The van der Waals surface area contributed by atoms with Crippen molar-refractivity contribution in [2.24, 2.45) is 4.99 Å². The highest BCUT2D eigenvalue weighted by Crippen LogP contribution is 2.44. The Kier molecular flexibility index (Phi) is 4.82. The third-order valence-electron chi connectivity index (χ3n) is 7.74. The van der Waals surface area contributed by atoms with E-state index in [0.29, 0.717) is 30.6 Å². The van der Waals surface area contributed by atoms with E-state index < -0.39 is 0 Å². The van der Waals surface area contributed by atoms with E-state index in [-0.39, 0.29) is 11.8 Å². The van der Waals surface area contributed by atoms with Crippen LogP contribution in [0.15, 0.2) is 4.99 Å². The maximum atomic E-state index is 5.94. The van der Waals surface area contributed by atoms with Gasteiger partial charge in [-0.2, -0.15) is 0 Å². The Morgan fingerprint density at radius 3 is 2.68 bits per heavy atom. The summed E-state index contributed by atoms with van der Waals surface area (Å²) in [4.78, 5) is 12.2. The number of fused-ring (bicyclic) bond motifs is 3. The lowest BCUT2D eigenvalue weighted by Crippen LogP contribution is -2.64. The molecule has 28 heavy (non-hydrogen) atoms. The summed E-state index contributed by atoms with van der Waals surface area (Å²) in [5.41, 5.74) is 0.221. The van der Waals surface area contributed by atoms with E-state index in [2.05, 4.69) is 71.5 Å². The second-order valence-electron chi connectivity index (χ2n) is 9.88. The fourth-order valence-corrected chi connectivity index (χ4v) is 5.87. The van der Waals surface area contributed by atoms with Crippen LogP contribution in [0.25, 0.3) is 0 Å². The lowest BCUT2D eigenvalue weighted by atomic mass is 9.73. The number of hydrazine groups is 1. The third-order valence-corrected chi connectivity index (χ3v) is 7.74. The largest absolute Gasteiger partial charge is 0.352 e. The van der Waals surface area contributed by atoms with Crippen LogP contribution in [0.1, 0.15) is 32.1 Å². The standard InChI is InChI=1S/C20H37N7O/c1-23(2)12-15-19(28-15)22-20(8-6-9-20)11-16-25(4)26(5)17-13-24(3)18-14(27(16)17)7-10-21-18/h10,14-19,22H,6-9,11-13H2,1-5H3. The van der Waals surface area contributed by atoms with Crippen LogP contribution < -0.4 is 5.32 Å². The van der Waals surface area contributed by atoms with Gasteiger partial charge >= 0.3 is 0 Å². The average Bonchev–Trinajstić information content (AvgIpc) is 3.04. The number of nitrogens with zero attached hydrogens (tertiary/aromatic N) is 6. The second kappa shape index (κ2) is 6.97. The molecule has 0 bridgehead atoms. The van der Waals surface area contributed by atoms with E-state index in [1.165, 1.54) is 19.3 Å². The van der Waals surface area contributed by atoms with Crippen LogP contribution in [0, 0.1) is 0 Å². The predicted octanol–water partition coefficient (Wildman–Crippen LogP) is 0.0363. The maximum absolute atomic E-state index is 5.94. The summed E-state index contributed by atoms with van der Waals surface area (Å²) in [6, 6.07) is 0.497. The monoisotopic (exact) mass is 391 g/mol. The predicted molar refractivity (Wildman–Crippen MR) is 110 cm³/mol. The van der Waals surface area contributed by atoms with E-state index in [4.69, 9.17) is 9.73 Å². The van der Waals surface area contributed by atoms with Crippen LogP contribution in [0.4, 0.5) is 0 Å². The van der Waals surface area contributed by atoms with Gasteiger partial charge in [0, 0.05) is 45.4 Å². The zero-order chi connectivity index (χ0) is 19.6. The highest BCUT2D eigenvalue weighted by molar-refractivity contribution is 5.61. The Bertz CT molecular complexity index is 622. The van der Waals surface area contributed by atoms with Gasteiger partial charge in [0.2, 0.25) is 0 Å². The molecule has 6 atom stereocenters. The first-order valence-corrected chi connectivity index (χ1v) is 10.9. The molecule has 1 aliphatic carbocycles. The zero-order valence-electron chi connectivity index (χ0n) is 18.1. The van der Waals surface area contributed by atoms with Gasteiger partial charge in [-0.25, -0.2) is 10.0 Å². The molecule has 4 aliphatic heterocycles. The molecule has 3 saturated heterocycles. The molecule has 5 aliphatic rings. The highest BCUT2D eigenvalue weighted by Gasteiger charge is 2.56. The molecule has 1 N–H and O–H groups in total. The Labute approximate surface area is 169 Å². The zero-order valence-corrected chi connectivity index (χ0v) is 18.1. The number of hydrogen-bond acceptors (Lipinski definition) is 8. The second-order valence-corrected chi connectivity index (χ2v) is 9.88. The molecule has 8 nitrogen and oxygen atoms in total. The molecule has 0 radical (unpaired) electrons. The van der Waals surface area contributed by atoms with Crippen LogP contribution in [0.2, 0.25) is 0 Å². The van der Waals surface area contributed by atoms with E-state index in [1.807, 2.05) is 0 Å². The summed E-state index contributed by atoms with van der Waals surface area (Å²) >= 11 is 0. The van der Waals surface area contributed by atoms with E-state index in [1.54, 1.807) is 0 Å². The third kappa shape index (κ3) is 3.14. The lowest BCUT2D eigenvalue weighted by Gasteiger charge is -2.49. The summed E-state index contributed by atoms with van der Waals surface area (Å²) in [7, 11) is 11.0. The van der Waals surface area contributed by atoms with Crippen LogP contribution in [0.3, 0.4) is 0 Å². The number of likely N-dealkylation sites (N-methyl/N-ethyl adjacent to an activating group) is 3. The molecule has 4 fully saturated rings. The smallest absolute Gasteiger partial charge is 0.137 e. The van der Waals surface area contributed by atoms with Gasteiger partial charge in [-0.15, -0.1) is 0 Å². The van der Waals surface area contributed by atoms with Gasteiger partial charge in [0.1, 0.15) is 18.5 Å². The first-order chi connectivity index (χ1) is 13.4. The number of rotatable bonds is 6. The molecule has 158 valence electrons. The van der Waals surface area contributed by atoms with Crippen molar-refractivity contribution >= 4 is 6.21 Å². The Hall–Kier alpha value is -0.610. The number of aliphatic imine (C=N–C) groups is 1. The normalized spacial score (nSPS) is 43.4. The molecule has 0 amide bonds. The molecular weight excluding hydrogens is 354 g/mol. The fraction of sp³-hybridized carbons (Fsp3) is 0.950. The van der Waals surface area contributed by atoms with Gasteiger partial charge < -0.3 is 9.64 Å². The van der Waals surface area contributed by atoms with Crippen molar-refractivity contribution in [3.63, 3.8) is 0 Å². The lowest BCUT2D eigenvalue weighted by molar-refractivity contribution is -0.0335. The van der Waals surface area contributed by atoms with Crippen molar-refractivity contribution in [3.05, 3.63) is 0 Å². The molecule has 8 heteroatoms. The van der Waals surface area contributed by atoms with Gasteiger partial charge in [0.15, 0.2) is 0 Å². The van der Waals surface area contributed by atoms with Crippen LogP contribution in [0.5, 0.6) is 0 Å². The van der Waals surface area contributed by atoms with Gasteiger partial charge in [-0.05, 0) is 46.8 Å². The summed E-state index contributed by atoms with van der Waals surface area (Å²) < 4.78 is 5.94. The molecule has 0 aromatic rings. The highest BCUT2D eigenvalue weighted by atomic mass is 16.6. The van der Waals surface area contributed by atoms with Gasteiger partial charge in [-0.1, -0.05) is 0 Å². The van der Waals surface area contributed by atoms with Crippen molar-refractivity contribution in [2.45, 2.75) is 74.5 Å². The number of ether oxygens (including phenoxy) is 1. The SMILES string of the molecule is CN(C)CC1OC1NC1(CC2N3C4CC=NC4N(C)CC3N(C)N2C)CCC1. The number of nitrogens with one attached hydrogen (secondary N) is 1. The Morgan fingerprint density at radius 1 is 1.21 bits per heavy atom. The Balaban J connectivity index is 1.31. The summed E-state index contributed by atoms with van der Waals surface area (Å²) in [6.45, 7) is 2.05. The van der Waals surface area contributed by atoms with Gasteiger partial charge in [0.05, 0.1) is 18.4 Å². The van der Waals surface area contributed by atoms with E-state index >= 15 is 0 Å². The van der Waals surface area contributed by atoms with Crippen molar-refractivity contribution in [3.8, 4) is 0 Å². The number of hydrogen-bond donors (Lipinski definition) is 1. The van der Waals surface area contributed by atoms with Crippen LogP contribution in [-0.4, -0.2) is 122 Å². The molecule has 6 unspecified atom stereocenters. The maximum Gasteiger partial charge on any atom is 0.137 e. The molecule has 5 rings (SSSR count). The molecule has 0 aromatic heterocycles. The van der Waals surface area contributed by atoms with Crippen molar-refractivity contribution in [1.82, 2.24) is 30.0 Å². The molecule has 0 aromatic carbocycles. The first kappa shape index (κ1) is 19.4. The van der Waals surface area contributed by atoms with E-state index in [0.717, 1.165) is 25.9 Å². The molecule has 0 spiro atoms. The van der Waals surface area contributed by atoms with Crippen LogP contribution in [-0.2, 0) is 4.74 Å². The first-order valence-electron chi connectivity index (χ1n) is 10.9. The van der Waals surface area contributed by atoms with Crippen molar-refractivity contribution < 1.29 is 4.74 Å². The summed E-state index contributed by atoms with van der Waals surface area (Å²) in [5.74, 6) is 0. The topological polar surface area (TPSA) is 53.1 Å². The summed E-state index contributed by atoms with van der Waals surface area (Å²) in [6.07, 6.45) is 9.99. The molecular formula is C20H37N7O. The van der Waals surface area contributed by atoms with Crippen molar-refractivity contribution in [1.29, 1.82) is 0 Å². The quantitative estimate of drug-likeness (QED) is 0.642. The average molecular weight is 392 g/mol. The van der Waals surface area contributed by atoms with E-state index in [9.17, 15) is 0 Å². The minimum absolute atomic E-state index is 0.221. The summed E-state index contributed by atoms with van der Waals surface area (Å²) in [5, 5.41) is 8.85. The Morgan fingerprint density at radius 2 is 2.00 bits per heavy atom. The van der Waals surface area contributed by atoms with Gasteiger partial charge in [0.25, 0.3) is 0 Å². The minimum atomic E-state index is 0.221. The molecule has 1 saturated carbocycles. The number of epoxide rings is 1.